The number of halogens is 3. The number of hydrogen-bond acceptors (Lipinski definition) is 4. The van der Waals surface area contributed by atoms with Gasteiger partial charge in [-0.3, -0.25) is 13.9 Å². The number of aliphatic hydroxyl groups excluding tert-OH is 1. The van der Waals surface area contributed by atoms with Gasteiger partial charge in [0, 0.05) is 13.2 Å². The van der Waals surface area contributed by atoms with Gasteiger partial charge in [0.2, 0.25) is 0 Å². The van der Waals surface area contributed by atoms with Crippen LogP contribution < -0.4 is 11.2 Å². The van der Waals surface area contributed by atoms with Gasteiger partial charge in [-0.2, -0.15) is 13.2 Å². The number of rotatable bonds is 8. The molecule has 4 aromatic rings. The Morgan fingerprint density at radius 2 is 1.74 bits per heavy atom. The molecule has 0 saturated heterocycles. The van der Waals surface area contributed by atoms with E-state index < -0.39 is 24.0 Å². The van der Waals surface area contributed by atoms with Gasteiger partial charge >= 0.3 is 11.9 Å². The maximum absolute atomic E-state index is 13.2. The van der Waals surface area contributed by atoms with E-state index in [9.17, 15) is 27.9 Å². The molecule has 2 aromatic carbocycles. The third kappa shape index (κ3) is 4.63. The summed E-state index contributed by atoms with van der Waals surface area (Å²) < 4.78 is 42.8. The minimum Gasteiger partial charge on any atom is -0.396 e. The fraction of sp³-hybridized carbons (Fsp3) is 0.375. The summed E-state index contributed by atoms with van der Waals surface area (Å²) in [6.07, 6.45) is -2.67. The summed E-state index contributed by atoms with van der Waals surface area (Å²) in [6, 6.07) is 12.0. The monoisotopic (exact) mass is 474 g/mol. The second-order valence-electron chi connectivity index (χ2n) is 8.18. The Morgan fingerprint density at radius 3 is 2.44 bits per heavy atom. The number of aromatic nitrogens is 4. The summed E-state index contributed by atoms with van der Waals surface area (Å²) in [6.45, 7) is 0.812. The lowest BCUT2D eigenvalue weighted by molar-refractivity contribution is -0.141. The van der Waals surface area contributed by atoms with Crippen molar-refractivity contribution in [2.75, 3.05) is 6.61 Å². The summed E-state index contributed by atoms with van der Waals surface area (Å²) in [4.78, 5) is 30.5. The first-order chi connectivity index (χ1) is 16.2. The smallest absolute Gasteiger partial charge is 0.396 e. The molecule has 0 fully saturated rings. The topological polar surface area (TPSA) is 82.0 Å². The molecule has 0 atom stereocenters. The molecule has 0 spiro atoms. The van der Waals surface area contributed by atoms with Crippen LogP contribution in [0.5, 0.6) is 0 Å². The van der Waals surface area contributed by atoms with E-state index in [1.54, 1.807) is 18.2 Å². The lowest BCUT2D eigenvalue weighted by Gasteiger charge is -2.16. The number of aliphatic hydroxyl groups is 1. The van der Waals surface area contributed by atoms with Crippen LogP contribution in [0.3, 0.4) is 0 Å². The lowest BCUT2D eigenvalue weighted by atomic mass is 10.1. The zero-order chi connectivity index (χ0) is 24.5. The van der Waals surface area contributed by atoms with E-state index in [0.29, 0.717) is 25.2 Å². The third-order valence-corrected chi connectivity index (χ3v) is 5.86. The normalized spacial score (nSPS) is 12.1. The number of hydrogen-bond donors (Lipinski definition) is 1. The first kappa shape index (κ1) is 23.7. The van der Waals surface area contributed by atoms with Crippen LogP contribution in [0.2, 0.25) is 0 Å². The molecule has 34 heavy (non-hydrogen) atoms. The van der Waals surface area contributed by atoms with Gasteiger partial charge in [-0.15, -0.1) is 0 Å². The summed E-state index contributed by atoms with van der Waals surface area (Å²) in [5.74, 6) is 0.491. The highest BCUT2D eigenvalue weighted by Gasteiger charge is 2.31. The summed E-state index contributed by atoms with van der Waals surface area (Å²) in [7, 11) is 0. The Hall–Kier alpha value is -3.40. The van der Waals surface area contributed by atoms with E-state index in [1.807, 2.05) is 29.7 Å². The van der Waals surface area contributed by atoms with E-state index in [0.717, 1.165) is 23.0 Å². The molecule has 0 aliphatic rings. The first-order valence-electron chi connectivity index (χ1n) is 11.1. The van der Waals surface area contributed by atoms with Crippen molar-refractivity contribution < 1.29 is 18.3 Å². The van der Waals surface area contributed by atoms with Crippen molar-refractivity contribution in [2.24, 2.45) is 0 Å². The van der Waals surface area contributed by atoms with E-state index in [-0.39, 0.29) is 28.6 Å². The number of benzene rings is 2. The van der Waals surface area contributed by atoms with Crippen molar-refractivity contribution in [1.29, 1.82) is 0 Å². The second-order valence-corrected chi connectivity index (χ2v) is 8.18. The van der Waals surface area contributed by atoms with Crippen LogP contribution in [0.15, 0.2) is 52.1 Å². The highest BCUT2D eigenvalue weighted by Crippen LogP contribution is 2.21. The Balaban J connectivity index is 1.91. The predicted octanol–water partition coefficient (Wildman–Crippen LogP) is 3.46. The average Bonchev–Trinajstić information content (AvgIpc) is 3.15. The van der Waals surface area contributed by atoms with E-state index in [4.69, 9.17) is 4.98 Å². The molecule has 180 valence electrons. The molecule has 0 aliphatic heterocycles. The van der Waals surface area contributed by atoms with Crippen molar-refractivity contribution in [2.45, 2.75) is 52.0 Å². The number of fused-ring (bicyclic) bond motifs is 2. The van der Waals surface area contributed by atoms with Gasteiger partial charge in [0.05, 0.1) is 28.5 Å². The number of alkyl halides is 3. The maximum Gasteiger partial charge on any atom is 0.406 e. The van der Waals surface area contributed by atoms with Crippen LogP contribution in [-0.2, 0) is 26.1 Å². The Labute approximate surface area is 192 Å². The minimum absolute atomic E-state index is 0.0301. The molecule has 0 radical (unpaired) electrons. The number of para-hydroxylation sites is 1. The zero-order valence-electron chi connectivity index (χ0n) is 18.7. The minimum atomic E-state index is -4.72. The molecule has 0 unspecified atom stereocenters. The Morgan fingerprint density at radius 1 is 0.971 bits per heavy atom. The fourth-order valence-corrected chi connectivity index (χ4v) is 4.18. The summed E-state index contributed by atoms with van der Waals surface area (Å²) in [5, 5.41) is 9.22. The fourth-order valence-electron chi connectivity index (χ4n) is 4.18. The predicted molar refractivity (Wildman–Crippen MR) is 123 cm³/mol. The van der Waals surface area contributed by atoms with Gasteiger partial charge in [-0.25, -0.2) is 9.78 Å². The highest BCUT2D eigenvalue weighted by atomic mass is 19.4. The van der Waals surface area contributed by atoms with Crippen LogP contribution in [-0.4, -0.2) is 36.6 Å². The molecule has 0 amide bonds. The molecule has 10 heteroatoms. The standard InChI is InChI=1S/C24H25F3N4O3/c1-2-16-9-10-20-18(13-16)28-21(29(20)11-5-6-12-32)14-30-19-8-4-3-7-17(19)22(33)31(23(30)34)15-24(25,26)27/h3-4,7-10,13,32H,2,5-6,11-12,14-15H2,1H3. The maximum atomic E-state index is 13.2. The van der Waals surface area contributed by atoms with Crippen LogP contribution in [0.4, 0.5) is 13.2 Å². The SMILES string of the molecule is CCc1ccc2c(c1)nc(Cn1c(=O)n(CC(F)(F)F)c(=O)c3ccccc31)n2CCCCO. The van der Waals surface area contributed by atoms with Crippen molar-refractivity contribution >= 4 is 21.9 Å². The largest absolute Gasteiger partial charge is 0.406 e. The van der Waals surface area contributed by atoms with Crippen molar-refractivity contribution in [3.8, 4) is 0 Å². The summed E-state index contributed by atoms with van der Waals surface area (Å²) in [5.41, 5.74) is 0.882. The molecule has 7 nitrogen and oxygen atoms in total. The first-order valence-corrected chi connectivity index (χ1v) is 11.1. The molecule has 1 N–H and O–H groups in total. The van der Waals surface area contributed by atoms with Crippen molar-refractivity contribution in [1.82, 2.24) is 18.7 Å². The van der Waals surface area contributed by atoms with Gasteiger partial charge in [-0.1, -0.05) is 25.1 Å². The average molecular weight is 474 g/mol. The van der Waals surface area contributed by atoms with E-state index >= 15 is 0 Å². The van der Waals surface area contributed by atoms with E-state index in [1.165, 1.54) is 10.6 Å². The zero-order valence-corrected chi connectivity index (χ0v) is 18.7. The molecule has 0 saturated carbocycles. The van der Waals surface area contributed by atoms with Gasteiger partial charge in [0.1, 0.15) is 12.4 Å². The van der Waals surface area contributed by atoms with Gasteiger partial charge < -0.3 is 9.67 Å². The van der Waals surface area contributed by atoms with E-state index in [2.05, 4.69) is 0 Å². The molecule has 0 aliphatic carbocycles. The molecule has 0 bridgehead atoms. The molecule has 4 rings (SSSR count). The summed E-state index contributed by atoms with van der Waals surface area (Å²) >= 11 is 0. The third-order valence-electron chi connectivity index (χ3n) is 5.86. The molecular weight excluding hydrogens is 449 g/mol. The van der Waals surface area contributed by atoms with Crippen LogP contribution in [0.1, 0.15) is 31.2 Å². The Kier molecular flexibility index (Phi) is 6.60. The Bertz CT molecular complexity index is 1450. The number of aryl methyl sites for hydroxylation is 2. The van der Waals surface area contributed by atoms with Gasteiger partial charge in [0.15, 0.2) is 0 Å². The van der Waals surface area contributed by atoms with Crippen molar-refractivity contribution in [3.63, 3.8) is 0 Å². The molecular formula is C24H25F3N4O3. The number of imidazole rings is 1. The quantitative estimate of drug-likeness (QED) is 0.397. The lowest BCUT2D eigenvalue weighted by Crippen LogP contribution is -2.43. The van der Waals surface area contributed by atoms with Crippen LogP contribution >= 0.6 is 0 Å². The van der Waals surface area contributed by atoms with Gasteiger partial charge in [0.25, 0.3) is 5.56 Å². The van der Waals surface area contributed by atoms with Crippen LogP contribution in [0.25, 0.3) is 21.9 Å². The number of unbranched alkanes of at least 4 members (excludes halogenated alkanes) is 1. The highest BCUT2D eigenvalue weighted by molar-refractivity contribution is 5.79. The van der Waals surface area contributed by atoms with Gasteiger partial charge in [-0.05, 0) is 49.1 Å². The molecule has 2 aromatic heterocycles. The molecule has 2 heterocycles. The second kappa shape index (κ2) is 9.46. The van der Waals surface area contributed by atoms with Crippen LogP contribution in [0, 0.1) is 0 Å². The van der Waals surface area contributed by atoms with Crippen molar-refractivity contribution in [3.05, 3.63) is 74.7 Å². The number of nitrogens with zero attached hydrogens (tertiary/aromatic N) is 4.